The Balaban J connectivity index is 2.14. The molecule has 1 aliphatic carbocycles. The molecular weight excluding hydrogens is 226 g/mol. The molecule has 0 aliphatic heterocycles. The van der Waals surface area contributed by atoms with E-state index < -0.39 is 0 Å². The van der Waals surface area contributed by atoms with Gasteiger partial charge >= 0.3 is 0 Å². The van der Waals surface area contributed by atoms with Gasteiger partial charge in [0.1, 0.15) is 0 Å². The number of thioether (sulfide) groups is 1. The van der Waals surface area contributed by atoms with E-state index in [0.717, 1.165) is 6.54 Å². The summed E-state index contributed by atoms with van der Waals surface area (Å²) in [6.07, 6.45) is 3.37. The first-order valence-corrected chi connectivity index (χ1v) is 7.67. The molecule has 0 saturated carbocycles. The molecule has 2 heteroatoms. The second kappa shape index (κ2) is 5.03. The van der Waals surface area contributed by atoms with Gasteiger partial charge in [-0.25, -0.2) is 0 Å². The molecule has 0 aromatic heterocycles. The van der Waals surface area contributed by atoms with Crippen LogP contribution in [0.5, 0.6) is 0 Å². The van der Waals surface area contributed by atoms with Crippen LogP contribution < -0.4 is 5.32 Å². The molecule has 1 N–H and O–H groups in total. The summed E-state index contributed by atoms with van der Waals surface area (Å²) in [4.78, 5) is 0. The van der Waals surface area contributed by atoms with E-state index in [0.29, 0.717) is 16.7 Å². The van der Waals surface area contributed by atoms with Gasteiger partial charge in [0.05, 0.1) is 0 Å². The van der Waals surface area contributed by atoms with Crippen LogP contribution in [0.3, 0.4) is 0 Å². The topological polar surface area (TPSA) is 12.0 Å². The van der Waals surface area contributed by atoms with Crippen LogP contribution in [0.25, 0.3) is 0 Å². The molecule has 1 aromatic carbocycles. The van der Waals surface area contributed by atoms with Crippen molar-refractivity contribution in [2.24, 2.45) is 5.41 Å². The summed E-state index contributed by atoms with van der Waals surface area (Å²) >= 11 is 1.93. The van der Waals surface area contributed by atoms with Crippen molar-refractivity contribution < 1.29 is 0 Å². The van der Waals surface area contributed by atoms with E-state index in [2.05, 4.69) is 56.6 Å². The highest BCUT2D eigenvalue weighted by molar-refractivity contribution is 7.99. The third-order valence-electron chi connectivity index (χ3n) is 3.81. The molecule has 0 saturated heterocycles. The van der Waals surface area contributed by atoms with E-state index in [-0.39, 0.29) is 0 Å². The Morgan fingerprint density at radius 2 is 2.12 bits per heavy atom. The zero-order chi connectivity index (χ0) is 12.5. The zero-order valence-electron chi connectivity index (χ0n) is 11.3. The maximum Gasteiger partial charge on any atom is 0.0378 e. The highest BCUT2D eigenvalue weighted by Gasteiger charge is 2.38. The molecule has 0 heterocycles. The van der Waals surface area contributed by atoms with Crippen molar-refractivity contribution in [1.29, 1.82) is 0 Å². The van der Waals surface area contributed by atoms with E-state index in [4.69, 9.17) is 0 Å². The third kappa shape index (κ3) is 2.69. The minimum Gasteiger partial charge on any atom is -0.308 e. The molecule has 0 amide bonds. The van der Waals surface area contributed by atoms with Crippen molar-refractivity contribution in [2.45, 2.75) is 38.5 Å². The van der Waals surface area contributed by atoms with Gasteiger partial charge in [0, 0.05) is 17.8 Å². The van der Waals surface area contributed by atoms with E-state index in [9.17, 15) is 0 Å². The van der Waals surface area contributed by atoms with Crippen molar-refractivity contribution in [3.8, 4) is 0 Å². The second-order valence-corrected chi connectivity index (χ2v) is 7.03. The van der Waals surface area contributed by atoms with Gasteiger partial charge in [-0.15, -0.1) is 0 Å². The molecule has 0 spiro atoms. The normalized spacial score (nSPS) is 23.4. The highest BCUT2D eigenvalue weighted by atomic mass is 32.2. The smallest absolute Gasteiger partial charge is 0.0378 e. The second-order valence-electron chi connectivity index (χ2n) is 5.75. The standard InChI is InChI=1S/C15H23NS/c1-11(17-4)10-16-14-13-8-6-5-7-12(13)9-15(14,2)3/h5-8,11,14,16H,9-10H2,1-4H3. The van der Waals surface area contributed by atoms with Crippen molar-refractivity contribution in [2.75, 3.05) is 12.8 Å². The van der Waals surface area contributed by atoms with Gasteiger partial charge in [0.15, 0.2) is 0 Å². The van der Waals surface area contributed by atoms with Crippen LogP contribution >= 0.6 is 11.8 Å². The Morgan fingerprint density at radius 1 is 1.41 bits per heavy atom. The monoisotopic (exact) mass is 249 g/mol. The lowest BCUT2D eigenvalue weighted by molar-refractivity contribution is 0.271. The molecule has 0 fully saturated rings. The maximum atomic E-state index is 3.76. The Bertz CT molecular complexity index is 386. The number of fused-ring (bicyclic) bond motifs is 1. The van der Waals surface area contributed by atoms with Crippen molar-refractivity contribution in [1.82, 2.24) is 5.32 Å². The van der Waals surface area contributed by atoms with Gasteiger partial charge in [-0.3, -0.25) is 0 Å². The summed E-state index contributed by atoms with van der Waals surface area (Å²) in [5.74, 6) is 0. The first kappa shape index (κ1) is 13.0. The fraction of sp³-hybridized carbons (Fsp3) is 0.600. The van der Waals surface area contributed by atoms with E-state index >= 15 is 0 Å². The van der Waals surface area contributed by atoms with Gasteiger partial charge < -0.3 is 5.32 Å². The summed E-state index contributed by atoms with van der Waals surface area (Å²) in [6, 6.07) is 9.38. The van der Waals surface area contributed by atoms with Crippen LogP contribution in [-0.4, -0.2) is 18.1 Å². The Kier molecular flexibility index (Phi) is 3.84. The van der Waals surface area contributed by atoms with Crippen LogP contribution in [-0.2, 0) is 6.42 Å². The van der Waals surface area contributed by atoms with Crippen LogP contribution in [0.15, 0.2) is 24.3 Å². The average molecular weight is 249 g/mol. The SMILES string of the molecule is CSC(C)CNC1c2ccccc2CC1(C)C. The van der Waals surface area contributed by atoms with Crippen molar-refractivity contribution in [3.63, 3.8) is 0 Å². The fourth-order valence-corrected chi connectivity index (χ4v) is 3.01. The molecule has 2 unspecified atom stereocenters. The quantitative estimate of drug-likeness (QED) is 0.874. The number of benzene rings is 1. The van der Waals surface area contributed by atoms with Gasteiger partial charge in [0.2, 0.25) is 0 Å². The van der Waals surface area contributed by atoms with E-state index in [1.165, 1.54) is 17.5 Å². The van der Waals surface area contributed by atoms with Crippen molar-refractivity contribution in [3.05, 3.63) is 35.4 Å². The Hall–Kier alpha value is -0.470. The number of rotatable bonds is 4. The highest BCUT2D eigenvalue weighted by Crippen LogP contribution is 2.44. The molecular formula is C15H23NS. The molecule has 2 atom stereocenters. The molecule has 1 aliphatic rings. The lowest BCUT2D eigenvalue weighted by atomic mass is 9.85. The largest absolute Gasteiger partial charge is 0.308 e. The lowest BCUT2D eigenvalue weighted by Gasteiger charge is -2.29. The zero-order valence-corrected chi connectivity index (χ0v) is 12.1. The molecule has 17 heavy (non-hydrogen) atoms. The van der Waals surface area contributed by atoms with Gasteiger partial charge in [-0.2, -0.15) is 11.8 Å². The third-order valence-corrected chi connectivity index (χ3v) is 4.78. The predicted octanol–water partition coefficient (Wildman–Crippen LogP) is 3.65. The van der Waals surface area contributed by atoms with Crippen LogP contribution in [0, 0.1) is 5.41 Å². The van der Waals surface area contributed by atoms with Crippen LogP contribution in [0.1, 0.15) is 37.9 Å². The summed E-state index contributed by atoms with van der Waals surface area (Å²) in [7, 11) is 0. The lowest BCUT2D eigenvalue weighted by Crippen LogP contribution is -2.34. The maximum absolute atomic E-state index is 3.76. The molecule has 94 valence electrons. The minimum atomic E-state index is 0.335. The van der Waals surface area contributed by atoms with E-state index in [1.54, 1.807) is 0 Å². The Morgan fingerprint density at radius 3 is 2.82 bits per heavy atom. The first-order chi connectivity index (χ1) is 8.04. The number of hydrogen-bond donors (Lipinski definition) is 1. The molecule has 1 aromatic rings. The summed E-state index contributed by atoms with van der Waals surface area (Å²) in [5, 5.41) is 4.44. The van der Waals surface area contributed by atoms with E-state index in [1.807, 2.05) is 11.8 Å². The molecule has 2 rings (SSSR count). The van der Waals surface area contributed by atoms with Gasteiger partial charge in [-0.05, 0) is 29.2 Å². The Labute approximate surface area is 109 Å². The first-order valence-electron chi connectivity index (χ1n) is 6.38. The van der Waals surface area contributed by atoms with Crippen LogP contribution in [0.2, 0.25) is 0 Å². The number of nitrogens with one attached hydrogen (secondary N) is 1. The molecule has 1 nitrogen and oxygen atoms in total. The van der Waals surface area contributed by atoms with Gasteiger partial charge in [-0.1, -0.05) is 45.0 Å². The minimum absolute atomic E-state index is 0.335. The number of hydrogen-bond acceptors (Lipinski definition) is 2. The fourth-order valence-electron chi connectivity index (χ4n) is 2.74. The summed E-state index contributed by atoms with van der Waals surface area (Å²) < 4.78 is 0. The average Bonchev–Trinajstić information content (AvgIpc) is 2.56. The predicted molar refractivity (Wildman–Crippen MR) is 77.6 cm³/mol. The summed E-state index contributed by atoms with van der Waals surface area (Å²) in [6.45, 7) is 8.11. The summed E-state index contributed by atoms with van der Waals surface area (Å²) in [5.41, 5.74) is 3.36. The molecule has 0 bridgehead atoms. The van der Waals surface area contributed by atoms with Crippen molar-refractivity contribution >= 4 is 11.8 Å². The molecule has 0 radical (unpaired) electrons. The van der Waals surface area contributed by atoms with Crippen LogP contribution in [0.4, 0.5) is 0 Å². The van der Waals surface area contributed by atoms with Gasteiger partial charge in [0.25, 0.3) is 0 Å².